The van der Waals surface area contributed by atoms with Crippen LogP contribution in [0, 0.1) is 5.92 Å². The molecule has 0 amide bonds. The van der Waals surface area contributed by atoms with Crippen LogP contribution >= 0.6 is 22.9 Å². The average molecular weight is 273 g/mol. The molecule has 0 spiro atoms. The lowest BCUT2D eigenvalue weighted by molar-refractivity contribution is -0.183. The molecule has 1 heterocycles. The maximum atomic E-state index is 12.5. The minimum atomic E-state index is -4.54. The van der Waals surface area contributed by atoms with E-state index < -0.39 is 24.0 Å². The quantitative estimate of drug-likeness (QED) is 0.909. The van der Waals surface area contributed by atoms with Gasteiger partial charge in [-0.3, -0.25) is 4.79 Å². The van der Waals surface area contributed by atoms with Gasteiger partial charge in [0.05, 0.1) is 10.3 Å². The fourth-order valence-corrected chi connectivity index (χ4v) is 2.53. The number of hydrogen-bond donors (Lipinski definition) is 1. The van der Waals surface area contributed by atoms with E-state index in [0.29, 0.717) is 0 Å². The van der Waals surface area contributed by atoms with Crippen molar-refractivity contribution >= 4 is 28.9 Å². The van der Waals surface area contributed by atoms with Crippen LogP contribution in [-0.4, -0.2) is 17.3 Å². The lowest BCUT2D eigenvalue weighted by atomic mass is 9.92. The van der Waals surface area contributed by atoms with Gasteiger partial charge < -0.3 is 5.11 Å². The van der Waals surface area contributed by atoms with Crippen LogP contribution in [0.4, 0.5) is 13.2 Å². The van der Waals surface area contributed by atoms with Crippen molar-refractivity contribution in [2.45, 2.75) is 19.0 Å². The monoisotopic (exact) mass is 272 g/mol. The predicted octanol–water partition coefficient (Wildman–Crippen LogP) is 3.77. The Labute approximate surface area is 98.7 Å². The molecule has 0 aliphatic carbocycles. The standard InChI is InChI=1S/C9H8ClF3O2S/c1-4(9(11,12)13)7(8(14)15)5-2-3-6(10)16-5/h2-4,7H,1H3,(H,14,15). The number of halogens is 4. The number of rotatable bonds is 3. The van der Waals surface area contributed by atoms with E-state index in [1.807, 2.05) is 0 Å². The average Bonchev–Trinajstić information content (AvgIpc) is 2.49. The first-order valence-corrected chi connectivity index (χ1v) is 5.47. The van der Waals surface area contributed by atoms with Gasteiger partial charge in [-0.1, -0.05) is 18.5 Å². The molecule has 16 heavy (non-hydrogen) atoms. The first kappa shape index (κ1) is 13.3. The summed E-state index contributed by atoms with van der Waals surface area (Å²) in [5, 5.41) is 8.83. The third-order valence-electron chi connectivity index (χ3n) is 2.18. The molecule has 1 N–H and O–H groups in total. The maximum Gasteiger partial charge on any atom is 0.392 e. The van der Waals surface area contributed by atoms with Gasteiger partial charge in [-0.15, -0.1) is 11.3 Å². The Hall–Kier alpha value is -0.750. The van der Waals surface area contributed by atoms with Crippen LogP contribution < -0.4 is 0 Å². The van der Waals surface area contributed by atoms with Gasteiger partial charge in [0.25, 0.3) is 0 Å². The molecule has 2 unspecified atom stereocenters. The van der Waals surface area contributed by atoms with Gasteiger partial charge in [-0.25, -0.2) is 0 Å². The van der Waals surface area contributed by atoms with Crippen LogP contribution in [0.5, 0.6) is 0 Å². The summed E-state index contributed by atoms with van der Waals surface area (Å²) < 4.78 is 37.7. The topological polar surface area (TPSA) is 37.3 Å². The van der Waals surface area contributed by atoms with Gasteiger partial charge in [0.15, 0.2) is 0 Å². The summed E-state index contributed by atoms with van der Waals surface area (Å²) in [6.07, 6.45) is -4.54. The lowest BCUT2D eigenvalue weighted by Crippen LogP contribution is -2.30. The fourth-order valence-electron chi connectivity index (χ4n) is 1.27. The Balaban J connectivity index is 3.06. The minimum Gasteiger partial charge on any atom is -0.481 e. The van der Waals surface area contributed by atoms with Crippen molar-refractivity contribution in [3.8, 4) is 0 Å². The normalized spacial score (nSPS) is 15.8. The van der Waals surface area contributed by atoms with E-state index >= 15 is 0 Å². The van der Waals surface area contributed by atoms with Crippen LogP contribution in [0.1, 0.15) is 17.7 Å². The number of carbonyl (C=O) groups is 1. The molecule has 0 aliphatic rings. The summed E-state index contributed by atoms with van der Waals surface area (Å²) in [5.74, 6) is -5.04. The summed E-state index contributed by atoms with van der Waals surface area (Å²) in [6.45, 7) is 0.854. The van der Waals surface area contributed by atoms with Crippen LogP contribution in [0.2, 0.25) is 4.34 Å². The largest absolute Gasteiger partial charge is 0.481 e. The predicted molar refractivity (Wildman–Crippen MR) is 54.9 cm³/mol. The maximum absolute atomic E-state index is 12.5. The number of alkyl halides is 3. The number of hydrogen-bond acceptors (Lipinski definition) is 2. The van der Waals surface area contributed by atoms with E-state index in [1.165, 1.54) is 12.1 Å². The SMILES string of the molecule is CC(C(C(=O)O)c1ccc(Cl)s1)C(F)(F)F. The molecule has 0 bridgehead atoms. The highest BCUT2D eigenvalue weighted by Crippen LogP contribution is 2.40. The summed E-state index contributed by atoms with van der Waals surface area (Å²) >= 11 is 6.43. The number of aliphatic carboxylic acids is 1. The molecule has 7 heteroatoms. The van der Waals surface area contributed by atoms with E-state index in [9.17, 15) is 18.0 Å². The van der Waals surface area contributed by atoms with Gasteiger partial charge in [-0.05, 0) is 12.1 Å². The smallest absolute Gasteiger partial charge is 0.392 e. The second kappa shape index (κ2) is 4.63. The molecule has 90 valence electrons. The molecule has 0 aliphatic heterocycles. The highest BCUT2D eigenvalue weighted by molar-refractivity contribution is 7.16. The highest BCUT2D eigenvalue weighted by Gasteiger charge is 2.45. The van der Waals surface area contributed by atoms with Gasteiger partial charge in [0, 0.05) is 4.88 Å². The minimum absolute atomic E-state index is 0.113. The lowest BCUT2D eigenvalue weighted by Gasteiger charge is -2.21. The molecular formula is C9H8ClF3O2S. The first-order valence-electron chi connectivity index (χ1n) is 4.28. The number of carboxylic acids is 1. The molecule has 0 aromatic carbocycles. The van der Waals surface area contributed by atoms with Crippen LogP contribution in [0.25, 0.3) is 0 Å². The van der Waals surface area contributed by atoms with Crippen molar-refractivity contribution < 1.29 is 23.1 Å². The van der Waals surface area contributed by atoms with E-state index in [2.05, 4.69) is 0 Å². The Kier molecular flexibility index (Phi) is 3.85. The van der Waals surface area contributed by atoms with Crippen molar-refractivity contribution in [1.82, 2.24) is 0 Å². The molecule has 1 rings (SSSR count). The summed E-state index contributed by atoms with van der Waals surface area (Å²) in [5.41, 5.74) is 0. The zero-order valence-corrected chi connectivity index (χ0v) is 9.66. The summed E-state index contributed by atoms with van der Waals surface area (Å²) in [6, 6.07) is 2.70. The Bertz CT molecular complexity index is 388. The van der Waals surface area contributed by atoms with E-state index in [4.69, 9.17) is 16.7 Å². The van der Waals surface area contributed by atoms with Crippen molar-refractivity contribution in [2.24, 2.45) is 5.92 Å². The van der Waals surface area contributed by atoms with Gasteiger partial charge in [-0.2, -0.15) is 13.2 Å². The first-order chi connectivity index (χ1) is 7.23. The molecule has 0 radical (unpaired) electrons. The summed E-state index contributed by atoms with van der Waals surface area (Å²) in [4.78, 5) is 11.0. The van der Waals surface area contributed by atoms with Crippen molar-refractivity contribution in [3.05, 3.63) is 21.3 Å². The van der Waals surface area contributed by atoms with Crippen molar-refractivity contribution in [3.63, 3.8) is 0 Å². The molecule has 0 saturated carbocycles. The van der Waals surface area contributed by atoms with Gasteiger partial charge in [0.1, 0.15) is 5.92 Å². The summed E-state index contributed by atoms with van der Waals surface area (Å²) in [7, 11) is 0. The third kappa shape index (κ3) is 2.89. The van der Waals surface area contributed by atoms with E-state index in [1.54, 1.807) is 0 Å². The van der Waals surface area contributed by atoms with Crippen LogP contribution in [0.3, 0.4) is 0 Å². The second-order valence-corrected chi connectivity index (χ2v) is 5.03. The van der Waals surface area contributed by atoms with Gasteiger partial charge in [0.2, 0.25) is 0 Å². The molecule has 2 nitrogen and oxygen atoms in total. The van der Waals surface area contributed by atoms with Crippen molar-refractivity contribution in [1.29, 1.82) is 0 Å². The molecule has 0 fully saturated rings. The van der Waals surface area contributed by atoms with Crippen LogP contribution in [0.15, 0.2) is 12.1 Å². The zero-order valence-electron chi connectivity index (χ0n) is 8.08. The highest BCUT2D eigenvalue weighted by atomic mass is 35.5. The molecule has 2 atom stereocenters. The van der Waals surface area contributed by atoms with E-state index in [-0.39, 0.29) is 9.21 Å². The molecular weight excluding hydrogens is 265 g/mol. The molecule has 1 aromatic heterocycles. The Morgan fingerprint density at radius 1 is 1.50 bits per heavy atom. The van der Waals surface area contributed by atoms with E-state index in [0.717, 1.165) is 18.3 Å². The molecule has 0 saturated heterocycles. The second-order valence-electron chi connectivity index (χ2n) is 3.29. The zero-order chi connectivity index (χ0) is 12.5. The van der Waals surface area contributed by atoms with Crippen LogP contribution in [-0.2, 0) is 4.79 Å². The fraction of sp³-hybridized carbons (Fsp3) is 0.444. The Morgan fingerprint density at radius 3 is 2.38 bits per heavy atom. The van der Waals surface area contributed by atoms with Crippen molar-refractivity contribution in [2.75, 3.05) is 0 Å². The van der Waals surface area contributed by atoms with Gasteiger partial charge >= 0.3 is 12.1 Å². The number of carboxylic acid groups (broad SMARTS) is 1. The Morgan fingerprint density at radius 2 is 2.06 bits per heavy atom. The third-order valence-corrected chi connectivity index (χ3v) is 3.50. The molecule has 1 aromatic rings. The number of thiophene rings is 1.